The Kier molecular flexibility index (Phi) is 4.49. The van der Waals surface area contributed by atoms with Crippen molar-refractivity contribution < 1.29 is 18.7 Å². The average molecular weight is 377 g/mol. The second-order valence-corrected chi connectivity index (χ2v) is 5.59. The summed E-state index contributed by atoms with van der Waals surface area (Å²) in [6.07, 6.45) is 0. The van der Waals surface area contributed by atoms with Gasteiger partial charge in [-0.2, -0.15) is 0 Å². The number of rotatable bonds is 3. The number of anilines is 2. The number of halogens is 4. The van der Waals surface area contributed by atoms with Gasteiger partial charge in [0.1, 0.15) is 5.69 Å². The Labute approximate surface area is 132 Å². The van der Waals surface area contributed by atoms with E-state index in [1.807, 2.05) is 0 Å². The molecule has 0 fully saturated rings. The molecule has 110 valence electrons. The van der Waals surface area contributed by atoms with Crippen LogP contribution in [0.1, 0.15) is 15.9 Å². The third kappa shape index (κ3) is 3.33. The highest BCUT2D eigenvalue weighted by molar-refractivity contribution is 9.10. The molecule has 0 amide bonds. The molecule has 0 atom stereocenters. The normalized spacial score (nSPS) is 10.5. The number of carbonyl (C=O) groups is 1. The van der Waals surface area contributed by atoms with Crippen molar-refractivity contribution in [2.75, 3.05) is 5.32 Å². The van der Waals surface area contributed by atoms with E-state index in [1.165, 1.54) is 6.07 Å². The first-order chi connectivity index (χ1) is 9.79. The van der Waals surface area contributed by atoms with E-state index in [4.69, 9.17) is 16.7 Å². The zero-order valence-electron chi connectivity index (χ0n) is 10.7. The standard InChI is InChI=1S/C14H9BrClF2NO2/c1-6-2-8(15)12(5-9(6)16)19-13-10(17)3-7(14(20)21)4-11(13)18/h2-5,19H,1H3,(H,20,21). The van der Waals surface area contributed by atoms with Gasteiger partial charge in [0.25, 0.3) is 0 Å². The molecule has 3 nitrogen and oxygen atoms in total. The minimum atomic E-state index is -1.40. The smallest absolute Gasteiger partial charge is 0.335 e. The first-order valence-corrected chi connectivity index (χ1v) is 6.91. The molecule has 0 radical (unpaired) electrons. The average Bonchev–Trinajstić information content (AvgIpc) is 2.39. The second kappa shape index (κ2) is 5.99. The number of hydrogen-bond acceptors (Lipinski definition) is 2. The number of hydrogen-bond donors (Lipinski definition) is 2. The van der Waals surface area contributed by atoms with E-state index in [9.17, 15) is 13.6 Å². The predicted molar refractivity (Wildman–Crippen MR) is 80.5 cm³/mol. The molecule has 0 aliphatic heterocycles. The number of carboxylic acid groups (broad SMARTS) is 1. The van der Waals surface area contributed by atoms with Crippen molar-refractivity contribution >= 4 is 44.9 Å². The fraction of sp³-hybridized carbons (Fsp3) is 0.0714. The number of aryl methyl sites for hydroxylation is 1. The third-order valence-electron chi connectivity index (χ3n) is 2.80. The highest BCUT2D eigenvalue weighted by Gasteiger charge is 2.16. The van der Waals surface area contributed by atoms with Crippen molar-refractivity contribution in [1.82, 2.24) is 0 Å². The molecule has 2 N–H and O–H groups in total. The zero-order chi connectivity index (χ0) is 15.7. The molecular formula is C14H9BrClF2NO2. The minimum Gasteiger partial charge on any atom is -0.478 e. The number of benzene rings is 2. The predicted octanol–water partition coefficient (Wildman–Crippen LogP) is 5.13. The van der Waals surface area contributed by atoms with E-state index in [-0.39, 0.29) is 0 Å². The number of carboxylic acids is 1. The molecule has 0 saturated carbocycles. The molecule has 2 aromatic rings. The lowest BCUT2D eigenvalue weighted by atomic mass is 10.1. The maximum atomic E-state index is 13.9. The van der Waals surface area contributed by atoms with Crippen LogP contribution in [0.4, 0.5) is 20.2 Å². The molecule has 2 aromatic carbocycles. The van der Waals surface area contributed by atoms with E-state index in [1.54, 1.807) is 13.0 Å². The Bertz CT molecular complexity index is 714. The second-order valence-electron chi connectivity index (χ2n) is 4.33. The maximum Gasteiger partial charge on any atom is 0.335 e. The summed E-state index contributed by atoms with van der Waals surface area (Å²) in [5.41, 5.74) is 0.264. The fourth-order valence-electron chi connectivity index (χ4n) is 1.69. The van der Waals surface area contributed by atoms with Gasteiger partial charge in [-0.1, -0.05) is 11.6 Å². The highest BCUT2D eigenvalue weighted by atomic mass is 79.9. The van der Waals surface area contributed by atoms with Crippen molar-refractivity contribution in [2.24, 2.45) is 0 Å². The molecule has 2 rings (SSSR count). The van der Waals surface area contributed by atoms with Crippen molar-refractivity contribution in [3.63, 3.8) is 0 Å². The summed E-state index contributed by atoms with van der Waals surface area (Å²) in [6, 6.07) is 4.71. The van der Waals surface area contributed by atoms with E-state index >= 15 is 0 Å². The topological polar surface area (TPSA) is 49.3 Å². The van der Waals surface area contributed by atoms with E-state index in [0.717, 1.165) is 17.7 Å². The molecule has 0 heterocycles. The van der Waals surface area contributed by atoms with Crippen LogP contribution in [0.25, 0.3) is 0 Å². The SMILES string of the molecule is Cc1cc(Br)c(Nc2c(F)cc(C(=O)O)cc2F)cc1Cl. The van der Waals surface area contributed by atoms with Crippen LogP contribution < -0.4 is 5.32 Å². The molecule has 7 heteroatoms. The van der Waals surface area contributed by atoms with Crippen LogP contribution in [0.2, 0.25) is 5.02 Å². The van der Waals surface area contributed by atoms with Crippen molar-refractivity contribution in [3.8, 4) is 0 Å². The van der Waals surface area contributed by atoms with E-state index in [2.05, 4.69) is 21.2 Å². The Morgan fingerprint density at radius 3 is 2.33 bits per heavy atom. The molecule has 0 unspecified atom stereocenters. The first-order valence-electron chi connectivity index (χ1n) is 5.74. The Morgan fingerprint density at radius 1 is 1.24 bits per heavy atom. The van der Waals surface area contributed by atoms with Gasteiger partial charge >= 0.3 is 5.97 Å². The summed E-state index contributed by atoms with van der Waals surface area (Å²) in [5.74, 6) is -3.41. The van der Waals surface area contributed by atoms with Crippen LogP contribution in [0.3, 0.4) is 0 Å². The van der Waals surface area contributed by atoms with Gasteiger partial charge in [0.2, 0.25) is 0 Å². The Hall–Kier alpha value is -1.66. The van der Waals surface area contributed by atoms with Gasteiger partial charge in [-0.15, -0.1) is 0 Å². The lowest BCUT2D eigenvalue weighted by Crippen LogP contribution is -2.03. The molecule has 0 saturated heterocycles. The molecule has 0 aliphatic carbocycles. The zero-order valence-corrected chi connectivity index (χ0v) is 13.0. The van der Waals surface area contributed by atoms with Gasteiger partial charge in [-0.3, -0.25) is 0 Å². The van der Waals surface area contributed by atoms with E-state index < -0.39 is 28.9 Å². The van der Waals surface area contributed by atoms with Crippen LogP contribution in [-0.4, -0.2) is 11.1 Å². The Balaban J connectivity index is 2.45. The number of aromatic carboxylic acids is 1. The minimum absolute atomic E-state index is 0.367. The van der Waals surface area contributed by atoms with Gasteiger partial charge in [0.15, 0.2) is 11.6 Å². The van der Waals surface area contributed by atoms with Crippen molar-refractivity contribution in [3.05, 3.63) is 56.5 Å². The highest BCUT2D eigenvalue weighted by Crippen LogP contribution is 2.33. The largest absolute Gasteiger partial charge is 0.478 e. The summed E-state index contributed by atoms with van der Waals surface area (Å²) in [7, 11) is 0. The first kappa shape index (κ1) is 15.7. The molecule has 0 aromatic heterocycles. The molecule has 21 heavy (non-hydrogen) atoms. The van der Waals surface area contributed by atoms with Crippen LogP contribution in [-0.2, 0) is 0 Å². The summed E-state index contributed by atoms with van der Waals surface area (Å²) in [4.78, 5) is 10.7. The maximum absolute atomic E-state index is 13.9. The van der Waals surface area contributed by atoms with Crippen molar-refractivity contribution in [2.45, 2.75) is 6.92 Å². The Morgan fingerprint density at radius 2 is 1.81 bits per heavy atom. The molecule has 0 aliphatic rings. The quantitative estimate of drug-likeness (QED) is 0.780. The van der Waals surface area contributed by atoms with Crippen LogP contribution in [0, 0.1) is 18.6 Å². The molecule has 0 bridgehead atoms. The van der Waals surface area contributed by atoms with Crippen molar-refractivity contribution in [1.29, 1.82) is 0 Å². The molecular weight excluding hydrogens is 368 g/mol. The van der Waals surface area contributed by atoms with Gasteiger partial charge in [0, 0.05) is 9.50 Å². The van der Waals surface area contributed by atoms with Crippen LogP contribution in [0.15, 0.2) is 28.7 Å². The van der Waals surface area contributed by atoms with Gasteiger partial charge in [0.05, 0.1) is 11.3 Å². The summed E-state index contributed by atoms with van der Waals surface area (Å²) in [6.45, 7) is 1.79. The van der Waals surface area contributed by atoms with Crippen LogP contribution >= 0.6 is 27.5 Å². The number of nitrogens with one attached hydrogen (secondary N) is 1. The van der Waals surface area contributed by atoms with Gasteiger partial charge < -0.3 is 10.4 Å². The van der Waals surface area contributed by atoms with Gasteiger partial charge in [-0.05, 0) is 52.7 Å². The summed E-state index contributed by atoms with van der Waals surface area (Å²) >= 11 is 9.24. The third-order valence-corrected chi connectivity index (χ3v) is 3.86. The van der Waals surface area contributed by atoms with Crippen LogP contribution in [0.5, 0.6) is 0 Å². The summed E-state index contributed by atoms with van der Waals surface area (Å²) < 4.78 is 28.3. The van der Waals surface area contributed by atoms with E-state index in [0.29, 0.717) is 15.2 Å². The monoisotopic (exact) mass is 375 g/mol. The fourth-order valence-corrected chi connectivity index (χ4v) is 2.41. The van der Waals surface area contributed by atoms with Gasteiger partial charge in [-0.25, -0.2) is 13.6 Å². The molecule has 0 spiro atoms. The summed E-state index contributed by atoms with van der Waals surface area (Å²) in [5, 5.41) is 11.7. The lowest BCUT2D eigenvalue weighted by molar-refractivity contribution is 0.0696. The lowest BCUT2D eigenvalue weighted by Gasteiger charge is -2.12.